The molecule has 0 spiro atoms. The summed E-state index contributed by atoms with van der Waals surface area (Å²) in [5.41, 5.74) is 14.0. The molecule has 0 amide bonds. The summed E-state index contributed by atoms with van der Waals surface area (Å²) in [7, 11) is 0. The number of thiophene rings is 1. The Kier molecular flexibility index (Phi) is 2.92. The number of hydrogen-bond acceptors (Lipinski definition) is 3. The van der Waals surface area contributed by atoms with Gasteiger partial charge in [-0.25, -0.2) is 4.99 Å². The van der Waals surface area contributed by atoms with E-state index in [0.29, 0.717) is 17.2 Å². The molecule has 1 aromatic heterocycles. The summed E-state index contributed by atoms with van der Waals surface area (Å²) in [6.07, 6.45) is 0. The SMILES string of the molecule is Cc1cc(C(N)=Nc2ccccc2N)cs1. The van der Waals surface area contributed by atoms with Crippen LogP contribution in [0, 0.1) is 6.92 Å². The molecule has 0 saturated carbocycles. The van der Waals surface area contributed by atoms with Crippen molar-refractivity contribution in [2.45, 2.75) is 6.92 Å². The first kappa shape index (κ1) is 10.7. The van der Waals surface area contributed by atoms with E-state index in [1.54, 1.807) is 11.3 Å². The third kappa shape index (κ3) is 2.23. The van der Waals surface area contributed by atoms with Gasteiger partial charge in [-0.05, 0) is 25.1 Å². The van der Waals surface area contributed by atoms with Crippen LogP contribution in [0.15, 0.2) is 40.7 Å². The highest BCUT2D eigenvalue weighted by Crippen LogP contribution is 2.22. The van der Waals surface area contributed by atoms with Crippen molar-refractivity contribution in [1.82, 2.24) is 0 Å². The highest BCUT2D eigenvalue weighted by Gasteiger charge is 2.02. The smallest absolute Gasteiger partial charge is 0.132 e. The Hall–Kier alpha value is -1.81. The zero-order valence-electron chi connectivity index (χ0n) is 8.97. The summed E-state index contributed by atoms with van der Waals surface area (Å²) in [5, 5.41) is 1.99. The summed E-state index contributed by atoms with van der Waals surface area (Å²) < 4.78 is 0. The van der Waals surface area contributed by atoms with Crippen molar-refractivity contribution in [2.75, 3.05) is 5.73 Å². The first-order valence-electron chi connectivity index (χ1n) is 4.91. The third-order valence-electron chi connectivity index (χ3n) is 2.20. The van der Waals surface area contributed by atoms with Crippen molar-refractivity contribution >= 4 is 28.5 Å². The highest BCUT2D eigenvalue weighted by atomic mass is 32.1. The minimum Gasteiger partial charge on any atom is -0.397 e. The number of hydrogen-bond donors (Lipinski definition) is 2. The number of nitrogens with zero attached hydrogens (tertiary/aromatic N) is 1. The summed E-state index contributed by atoms with van der Waals surface area (Å²) >= 11 is 1.66. The average Bonchev–Trinajstić information content (AvgIpc) is 2.68. The van der Waals surface area contributed by atoms with Gasteiger partial charge in [-0.1, -0.05) is 12.1 Å². The molecule has 0 unspecified atom stereocenters. The zero-order chi connectivity index (χ0) is 11.5. The first-order valence-corrected chi connectivity index (χ1v) is 5.79. The highest BCUT2D eigenvalue weighted by molar-refractivity contribution is 7.10. The molecule has 0 aliphatic carbocycles. The monoisotopic (exact) mass is 231 g/mol. The van der Waals surface area contributed by atoms with Crippen molar-refractivity contribution in [3.8, 4) is 0 Å². The van der Waals surface area contributed by atoms with Crippen LogP contribution in [-0.2, 0) is 0 Å². The Morgan fingerprint density at radius 3 is 2.69 bits per heavy atom. The lowest BCUT2D eigenvalue weighted by atomic mass is 10.2. The lowest BCUT2D eigenvalue weighted by Crippen LogP contribution is -2.11. The van der Waals surface area contributed by atoms with Gasteiger partial charge < -0.3 is 11.5 Å². The largest absolute Gasteiger partial charge is 0.397 e. The van der Waals surface area contributed by atoms with Crippen LogP contribution in [0.5, 0.6) is 0 Å². The number of nitrogens with two attached hydrogens (primary N) is 2. The normalized spacial score (nSPS) is 11.7. The van der Waals surface area contributed by atoms with Crippen LogP contribution in [0.2, 0.25) is 0 Å². The van der Waals surface area contributed by atoms with Gasteiger partial charge in [0.05, 0.1) is 11.4 Å². The van der Waals surface area contributed by atoms with Gasteiger partial charge in [0.2, 0.25) is 0 Å². The molecule has 0 radical (unpaired) electrons. The molecule has 0 aliphatic rings. The third-order valence-corrected chi connectivity index (χ3v) is 3.07. The molecule has 0 aliphatic heterocycles. The molecular weight excluding hydrogens is 218 g/mol. The van der Waals surface area contributed by atoms with Crippen LogP contribution in [0.25, 0.3) is 0 Å². The van der Waals surface area contributed by atoms with Gasteiger partial charge in [-0.15, -0.1) is 11.3 Å². The second-order valence-corrected chi connectivity index (χ2v) is 4.62. The summed E-state index contributed by atoms with van der Waals surface area (Å²) in [6.45, 7) is 2.04. The van der Waals surface area contributed by atoms with Crippen molar-refractivity contribution in [1.29, 1.82) is 0 Å². The Bertz CT molecular complexity index is 529. The Balaban J connectivity index is 2.35. The molecular formula is C12H13N3S. The lowest BCUT2D eigenvalue weighted by Gasteiger charge is -2.01. The maximum absolute atomic E-state index is 5.91. The second-order valence-electron chi connectivity index (χ2n) is 3.50. The number of aliphatic imine (C=N–C) groups is 1. The van der Waals surface area contributed by atoms with E-state index in [2.05, 4.69) is 4.99 Å². The second kappa shape index (κ2) is 4.37. The molecule has 0 fully saturated rings. The zero-order valence-corrected chi connectivity index (χ0v) is 9.79. The Labute approximate surface area is 98.4 Å². The number of benzene rings is 1. The van der Waals surface area contributed by atoms with E-state index in [0.717, 1.165) is 5.56 Å². The summed E-state index contributed by atoms with van der Waals surface area (Å²) in [6, 6.07) is 9.44. The molecule has 0 saturated heterocycles. The molecule has 16 heavy (non-hydrogen) atoms. The molecule has 3 nitrogen and oxygen atoms in total. The number of rotatable bonds is 2. The standard InChI is InChI=1S/C12H13N3S/c1-8-6-9(7-16-8)12(14)15-11-5-3-2-4-10(11)13/h2-7H,13H2,1H3,(H2,14,15). The Morgan fingerprint density at radius 1 is 1.31 bits per heavy atom. The van der Waals surface area contributed by atoms with E-state index >= 15 is 0 Å². The van der Waals surface area contributed by atoms with E-state index in [-0.39, 0.29) is 0 Å². The van der Waals surface area contributed by atoms with E-state index in [9.17, 15) is 0 Å². The molecule has 0 bridgehead atoms. The van der Waals surface area contributed by atoms with E-state index < -0.39 is 0 Å². The predicted molar refractivity (Wildman–Crippen MR) is 70.3 cm³/mol. The molecule has 82 valence electrons. The lowest BCUT2D eigenvalue weighted by molar-refractivity contribution is 1.46. The fraction of sp³-hybridized carbons (Fsp3) is 0.0833. The molecule has 1 heterocycles. The van der Waals surface area contributed by atoms with Crippen LogP contribution in [-0.4, -0.2) is 5.84 Å². The van der Waals surface area contributed by atoms with E-state index in [1.807, 2.05) is 42.6 Å². The van der Waals surface area contributed by atoms with Crippen LogP contribution in [0.4, 0.5) is 11.4 Å². The molecule has 0 atom stereocenters. The van der Waals surface area contributed by atoms with E-state index in [4.69, 9.17) is 11.5 Å². The van der Waals surface area contributed by atoms with Crippen molar-refractivity contribution in [3.05, 3.63) is 46.2 Å². The van der Waals surface area contributed by atoms with Gasteiger partial charge >= 0.3 is 0 Å². The maximum atomic E-state index is 5.91. The number of anilines is 1. The van der Waals surface area contributed by atoms with Crippen molar-refractivity contribution < 1.29 is 0 Å². The number of amidine groups is 1. The van der Waals surface area contributed by atoms with Gasteiger partial charge in [0.15, 0.2) is 0 Å². The number of nitrogen functional groups attached to an aromatic ring is 1. The minimum atomic E-state index is 0.502. The van der Waals surface area contributed by atoms with Gasteiger partial charge in [0.1, 0.15) is 5.84 Å². The average molecular weight is 231 g/mol. The van der Waals surface area contributed by atoms with E-state index in [1.165, 1.54) is 4.88 Å². The van der Waals surface area contributed by atoms with Gasteiger partial charge in [0, 0.05) is 15.8 Å². The Morgan fingerprint density at radius 2 is 2.06 bits per heavy atom. The van der Waals surface area contributed by atoms with Gasteiger partial charge in [-0.2, -0.15) is 0 Å². The summed E-state index contributed by atoms with van der Waals surface area (Å²) in [5.74, 6) is 0.502. The fourth-order valence-corrected chi connectivity index (χ4v) is 2.06. The van der Waals surface area contributed by atoms with Crippen molar-refractivity contribution in [2.24, 2.45) is 10.7 Å². The number of aryl methyl sites for hydroxylation is 1. The first-order chi connectivity index (χ1) is 7.66. The molecule has 4 heteroatoms. The predicted octanol–water partition coefficient (Wildman–Crippen LogP) is 2.68. The summed E-state index contributed by atoms with van der Waals surface area (Å²) in [4.78, 5) is 5.54. The van der Waals surface area contributed by atoms with Crippen LogP contribution in [0.1, 0.15) is 10.4 Å². The molecule has 2 rings (SSSR count). The topological polar surface area (TPSA) is 64.4 Å². The minimum absolute atomic E-state index is 0.502. The van der Waals surface area contributed by atoms with Gasteiger partial charge in [0.25, 0.3) is 0 Å². The molecule has 1 aromatic carbocycles. The van der Waals surface area contributed by atoms with Crippen LogP contribution in [0.3, 0.4) is 0 Å². The van der Waals surface area contributed by atoms with Gasteiger partial charge in [-0.3, -0.25) is 0 Å². The van der Waals surface area contributed by atoms with Crippen LogP contribution >= 0.6 is 11.3 Å². The quantitative estimate of drug-likeness (QED) is 0.474. The molecule has 2 aromatic rings. The maximum Gasteiger partial charge on any atom is 0.132 e. The fourth-order valence-electron chi connectivity index (χ4n) is 1.36. The van der Waals surface area contributed by atoms with Crippen LogP contribution < -0.4 is 11.5 Å². The molecule has 4 N–H and O–H groups in total. The van der Waals surface area contributed by atoms with Crippen molar-refractivity contribution in [3.63, 3.8) is 0 Å². The number of para-hydroxylation sites is 2.